The number of carbonyl (C=O) groups excluding carboxylic acids is 2. The average Bonchev–Trinajstić information content (AvgIpc) is 2.72. The maximum Gasteiger partial charge on any atom is 0.253 e. The lowest BCUT2D eigenvalue weighted by molar-refractivity contribution is -0.132. The van der Waals surface area contributed by atoms with E-state index in [1.54, 1.807) is 26.0 Å². The lowest BCUT2D eigenvalue weighted by Gasteiger charge is -2.31. The van der Waals surface area contributed by atoms with Crippen molar-refractivity contribution < 1.29 is 9.59 Å². The molecule has 1 atom stereocenters. The number of hydrogen-bond donors (Lipinski definition) is 2. The van der Waals surface area contributed by atoms with E-state index in [1.807, 2.05) is 29.2 Å². The van der Waals surface area contributed by atoms with Crippen LogP contribution in [0.25, 0.3) is 0 Å². The van der Waals surface area contributed by atoms with Crippen molar-refractivity contribution in [2.24, 2.45) is 10.9 Å². The molecule has 0 radical (unpaired) electrons. The molecule has 7 nitrogen and oxygen atoms in total. The maximum atomic E-state index is 12.3. The van der Waals surface area contributed by atoms with Gasteiger partial charge in [-0.15, -0.1) is 24.0 Å². The first-order valence-corrected chi connectivity index (χ1v) is 10.4. The first-order valence-electron chi connectivity index (χ1n) is 10.4. The quantitative estimate of drug-likeness (QED) is 0.323. The number of benzene rings is 1. The van der Waals surface area contributed by atoms with Gasteiger partial charge in [-0.05, 0) is 42.9 Å². The van der Waals surface area contributed by atoms with Crippen LogP contribution in [0.15, 0.2) is 29.3 Å². The average molecular weight is 529 g/mol. The van der Waals surface area contributed by atoms with Crippen LogP contribution in [0, 0.1) is 5.92 Å². The van der Waals surface area contributed by atoms with Gasteiger partial charge < -0.3 is 20.4 Å². The molecule has 0 aliphatic carbocycles. The topological polar surface area (TPSA) is 77.0 Å². The monoisotopic (exact) mass is 529 g/mol. The Hall–Kier alpha value is -1.84. The summed E-state index contributed by atoms with van der Waals surface area (Å²) in [6, 6.07) is 7.69. The van der Waals surface area contributed by atoms with Crippen molar-refractivity contribution >= 4 is 41.8 Å². The molecule has 168 valence electrons. The lowest BCUT2D eigenvalue weighted by atomic mass is 10.00. The third-order valence-corrected chi connectivity index (χ3v) is 5.15. The van der Waals surface area contributed by atoms with Gasteiger partial charge >= 0.3 is 0 Å². The molecular formula is C22H36IN5O2. The second-order valence-electron chi connectivity index (χ2n) is 7.91. The number of halogens is 1. The summed E-state index contributed by atoms with van der Waals surface area (Å²) in [4.78, 5) is 32.2. The lowest BCUT2D eigenvalue weighted by Crippen LogP contribution is -2.42. The summed E-state index contributed by atoms with van der Waals surface area (Å²) in [5.41, 5.74) is 1.79. The number of piperidine rings is 1. The van der Waals surface area contributed by atoms with E-state index in [1.165, 1.54) is 6.42 Å². The minimum absolute atomic E-state index is 0. The maximum absolute atomic E-state index is 12.3. The second kappa shape index (κ2) is 13.5. The summed E-state index contributed by atoms with van der Waals surface area (Å²) in [5, 5.41) is 6.48. The molecule has 1 aliphatic heterocycles. The molecule has 2 rings (SSSR count). The van der Waals surface area contributed by atoms with Crippen molar-refractivity contribution in [1.29, 1.82) is 0 Å². The van der Waals surface area contributed by atoms with Gasteiger partial charge in [0.2, 0.25) is 5.91 Å². The fraction of sp³-hybridized carbons (Fsp3) is 0.591. The first-order chi connectivity index (χ1) is 13.9. The Labute approximate surface area is 197 Å². The number of amides is 2. The predicted molar refractivity (Wildman–Crippen MR) is 133 cm³/mol. The van der Waals surface area contributed by atoms with E-state index in [9.17, 15) is 9.59 Å². The van der Waals surface area contributed by atoms with Crippen LogP contribution in [0.3, 0.4) is 0 Å². The molecule has 1 aliphatic rings. The first kappa shape index (κ1) is 26.2. The molecule has 1 aromatic carbocycles. The van der Waals surface area contributed by atoms with Crippen molar-refractivity contribution in [3.05, 3.63) is 35.4 Å². The fourth-order valence-corrected chi connectivity index (χ4v) is 3.53. The van der Waals surface area contributed by atoms with Crippen LogP contribution in [0.2, 0.25) is 0 Å². The molecule has 0 bridgehead atoms. The summed E-state index contributed by atoms with van der Waals surface area (Å²) < 4.78 is 0. The molecule has 2 N–H and O–H groups in total. The number of guanidine groups is 1. The van der Waals surface area contributed by atoms with E-state index in [0.717, 1.165) is 31.5 Å². The highest BCUT2D eigenvalue weighted by molar-refractivity contribution is 14.0. The molecule has 1 aromatic rings. The zero-order valence-electron chi connectivity index (χ0n) is 18.6. The molecule has 30 heavy (non-hydrogen) atoms. The zero-order chi connectivity index (χ0) is 21.2. The number of carbonyl (C=O) groups is 2. The molecule has 0 aromatic heterocycles. The van der Waals surface area contributed by atoms with E-state index in [-0.39, 0.29) is 35.8 Å². The highest BCUT2D eigenvalue weighted by atomic mass is 127. The largest absolute Gasteiger partial charge is 0.356 e. The molecule has 1 unspecified atom stereocenters. The third kappa shape index (κ3) is 8.49. The van der Waals surface area contributed by atoms with E-state index in [4.69, 9.17) is 0 Å². The van der Waals surface area contributed by atoms with Gasteiger partial charge in [0.05, 0.1) is 0 Å². The Bertz CT molecular complexity index is 723. The van der Waals surface area contributed by atoms with Gasteiger partial charge in [0.15, 0.2) is 5.96 Å². The van der Waals surface area contributed by atoms with Crippen molar-refractivity contribution in [2.45, 2.75) is 32.6 Å². The van der Waals surface area contributed by atoms with Crippen LogP contribution < -0.4 is 10.6 Å². The molecule has 0 spiro atoms. The molecule has 2 amide bonds. The SMILES string of the molecule is CN=C(NCCC(=O)N1CCCC(C)C1)NCCc1cccc(C(=O)N(C)C)c1.I. The highest BCUT2D eigenvalue weighted by Gasteiger charge is 2.20. The van der Waals surface area contributed by atoms with Crippen LogP contribution in [-0.2, 0) is 11.2 Å². The van der Waals surface area contributed by atoms with Crippen molar-refractivity contribution in [2.75, 3.05) is 47.3 Å². The second-order valence-corrected chi connectivity index (χ2v) is 7.91. The summed E-state index contributed by atoms with van der Waals surface area (Å²) in [6.45, 7) is 5.22. The smallest absolute Gasteiger partial charge is 0.253 e. The Kier molecular flexibility index (Phi) is 11.8. The minimum Gasteiger partial charge on any atom is -0.356 e. The number of nitrogens with zero attached hydrogens (tertiary/aromatic N) is 3. The third-order valence-electron chi connectivity index (χ3n) is 5.15. The Balaban J connectivity index is 0.00000450. The van der Waals surface area contributed by atoms with Gasteiger partial charge in [0.1, 0.15) is 0 Å². The van der Waals surface area contributed by atoms with E-state index < -0.39 is 0 Å². The van der Waals surface area contributed by atoms with E-state index in [2.05, 4.69) is 22.5 Å². The van der Waals surface area contributed by atoms with Gasteiger partial charge in [-0.2, -0.15) is 0 Å². The number of nitrogens with one attached hydrogen (secondary N) is 2. The van der Waals surface area contributed by atoms with Gasteiger partial charge in [-0.25, -0.2) is 0 Å². The molecule has 1 heterocycles. The fourth-order valence-electron chi connectivity index (χ4n) is 3.53. The van der Waals surface area contributed by atoms with Crippen molar-refractivity contribution in [3.63, 3.8) is 0 Å². The molecule has 8 heteroatoms. The Morgan fingerprint density at radius 1 is 1.23 bits per heavy atom. The van der Waals surface area contributed by atoms with Gasteiger partial charge in [0.25, 0.3) is 5.91 Å². The summed E-state index contributed by atoms with van der Waals surface area (Å²) >= 11 is 0. The van der Waals surface area contributed by atoms with Crippen molar-refractivity contribution in [3.8, 4) is 0 Å². The molecule has 0 saturated carbocycles. The van der Waals surface area contributed by atoms with Crippen LogP contribution >= 0.6 is 24.0 Å². The van der Waals surface area contributed by atoms with Gasteiger partial charge in [-0.3, -0.25) is 14.6 Å². The number of likely N-dealkylation sites (tertiary alicyclic amines) is 1. The minimum atomic E-state index is 0. The molecule has 1 saturated heterocycles. The normalized spacial score (nSPS) is 16.5. The van der Waals surface area contributed by atoms with Crippen LogP contribution in [0.4, 0.5) is 0 Å². The standard InChI is InChI=1S/C22H35N5O2.HI/c1-17-7-6-14-27(16-17)20(28)11-13-25-22(23-2)24-12-10-18-8-5-9-19(15-18)21(29)26(3)4;/h5,8-9,15,17H,6-7,10-14,16H2,1-4H3,(H2,23,24,25);1H. The molecular weight excluding hydrogens is 493 g/mol. The predicted octanol–water partition coefficient (Wildman–Crippen LogP) is 2.36. The van der Waals surface area contributed by atoms with Crippen molar-refractivity contribution in [1.82, 2.24) is 20.4 Å². The number of rotatable bonds is 7. The van der Waals surface area contributed by atoms with Gasteiger partial charge in [-0.1, -0.05) is 19.1 Å². The number of hydrogen-bond acceptors (Lipinski definition) is 3. The summed E-state index contributed by atoms with van der Waals surface area (Å²) in [7, 11) is 5.23. The Morgan fingerprint density at radius 3 is 2.63 bits per heavy atom. The van der Waals surface area contributed by atoms with E-state index >= 15 is 0 Å². The highest BCUT2D eigenvalue weighted by Crippen LogP contribution is 2.15. The van der Waals surface area contributed by atoms with Gasteiger partial charge in [0, 0.05) is 59.3 Å². The zero-order valence-corrected chi connectivity index (χ0v) is 20.9. The summed E-state index contributed by atoms with van der Waals surface area (Å²) in [6.07, 6.45) is 3.57. The van der Waals surface area contributed by atoms with Crippen LogP contribution in [-0.4, -0.2) is 74.9 Å². The van der Waals surface area contributed by atoms with Crippen LogP contribution in [0.5, 0.6) is 0 Å². The summed E-state index contributed by atoms with van der Waals surface area (Å²) in [5.74, 6) is 1.50. The van der Waals surface area contributed by atoms with Crippen LogP contribution in [0.1, 0.15) is 42.1 Å². The Morgan fingerprint density at radius 2 is 1.97 bits per heavy atom. The number of aliphatic imine (C=N–C) groups is 1. The van der Waals surface area contributed by atoms with E-state index in [0.29, 0.717) is 37.0 Å². The molecule has 1 fully saturated rings.